The lowest BCUT2D eigenvalue weighted by molar-refractivity contribution is 0.354. The van der Waals surface area contributed by atoms with E-state index in [4.69, 9.17) is 15.2 Å². The van der Waals surface area contributed by atoms with Crippen molar-refractivity contribution in [1.29, 1.82) is 0 Å². The second-order valence-corrected chi connectivity index (χ2v) is 5.40. The van der Waals surface area contributed by atoms with Crippen molar-refractivity contribution in [2.45, 2.75) is 32.2 Å². The molecule has 0 saturated heterocycles. The minimum atomic E-state index is 0.501. The summed E-state index contributed by atoms with van der Waals surface area (Å²) in [4.78, 5) is 4.34. The van der Waals surface area contributed by atoms with Crippen LogP contribution in [0.4, 0.5) is 0 Å². The molecule has 0 amide bonds. The summed E-state index contributed by atoms with van der Waals surface area (Å²) in [6, 6.07) is 5.76. The van der Waals surface area contributed by atoms with Gasteiger partial charge in [-0.25, -0.2) is 4.99 Å². The topological polar surface area (TPSA) is 68.9 Å². The molecule has 0 aromatic heterocycles. The number of hydrogen-bond donors (Lipinski definition) is 2. The third-order valence-corrected chi connectivity index (χ3v) is 3.67. The average molecular weight is 291 g/mol. The minimum absolute atomic E-state index is 0.501. The summed E-state index contributed by atoms with van der Waals surface area (Å²) in [6.45, 7) is 1.43. The standard InChI is InChI=1S/C16H25N3O2/c1-20-14-8-7-13(10-15(14)21-2)11-19-16(17)18-9-3-4-12-5-6-12/h7-8,10,12H,3-6,9,11H2,1-2H3,(H3,17,18,19). The zero-order valence-corrected chi connectivity index (χ0v) is 12.9. The van der Waals surface area contributed by atoms with Crippen molar-refractivity contribution in [2.75, 3.05) is 20.8 Å². The molecule has 0 spiro atoms. The van der Waals surface area contributed by atoms with E-state index in [2.05, 4.69) is 10.3 Å². The predicted octanol–water partition coefficient (Wildman–Crippen LogP) is 2.30. The summed E-state index contributed by atoms with van der Waals surface area (Å²) in [6.07, 6.45) is 5.28. The summed E-state index contributed by atoms with van der Waals surface area (Å²) in [5, 5.41) is 3.16. The SMILES string of the molecule is COc1ccc(CN=C(N)NCCCC2CC2)cc1OC. The lowest BCUT2D eigenvalue weighted by atomic mass is 10.2. The molecule has 5 heteroatoms. The molecule has 2 rings (SSSR count). The van der Waals surface area contributed by atoms with Crippen LogP contribution in [-0.2, 0) is 6.54 Å². The van der Waals surface area contributed by atoms with Crippen LogP contribution < -0.4 is 20.5 Å². The normalized spacial score (nSPS) is 14.9. The van der Waals surface area contributed by atoms with Gasteiger partial charge >= 0.3 is 0 Å². The minimum Gasteiger partial charge on any atom is -0.493 e. The number of aliphatic imine (C=N–C) groups is 1. The van der Waals surface area contributed by atoms with E-state index in [0.717, 1.165) is 30.2 Å². The summed E-state index contributed by atoms with van der Waals surface area (Å²) in [7, 11) is 3.25. The van der Waals surface area contributed by atoms with E-state index in [-0.39, 0.29) is 0 Å². The van der Waals surface area contributed by atoms with Crippen LogP contribution in [0.15, 0.2) is 23.2 Å². The Hall–Kier alpha value is -1.91. The number of rotatable bonds is 8. The van der Waals surface area contributed by atoms with Crippen molar-refractivity contribution < 1.29 is 9.47 Å². The van der Waals surface area contributed by atoms with Crippen molar-refractivity contribution in [1.82, 2.24) is 5.32 Å². The van der Waals surface area contributed by atoms with Gasteiger partial charge in [0.2, 0.25) is 0 Å². The smallest absolute Gasteiger partial charge is 0.188 e. The van der Waals surface area contributed by atoms with Crippen molar-refractivity contribution in [3.8, 4) is 11.5 Å². The molecular formula is C16H25N3O2. The van der Waals surface area contributed by atoms with Crippen LogP contribution in [-0.4, -0.2) is 26.7 Å². The largest absolute Gasteiger partial charge is 0.493 e. The van der Waals surface area contributed by atoms with Gasteiger partial charge in [-0.2, -0.15) is 0 Å². The molecule has 1 saturated carbocycles. The van der Waals surface area contributed by atoms with E-state index < -0.39 is 0 Å². The fraction of sp³-hybridized carbons (Fsp3) is 0.562. The zero-order valence-electron chi connectivity index (χ0n) is 12.9. The van der Waals surface area contributed by atoms with E-state index in [0.29, 0.717) is 18.3 Å². The molecule has 1 fully saturated rings. The van der Waals surface area contributed by atoms with Crippen LogP contribution in [0.1, 0.15) is 31.2 Å². The van der Waals surface area contributed by atoms with Crippen LogP contribution in [0, 0.1) is 5.92 Å². The van der Waals surface area contributed by atoms with Crippen molar-refractivity contribution >= 4 is 5.96 Å². The van der Waals surface area contributed by atoms with Gasteiger partial charge in [0.25, 0.3) is 0 Å². The maximum Gasteiger partial charge on any atom is 0.188 e. The van der Waals surface area contributed by atoms with Gasteiger partial charge in [0.1, 0.15) is 0 Å². The molecule has 1 aromatic rings. The fourth-order valence-corrected chi connectivity index (χ4v) is 2.23. The first-order chi connectivity index (χ1) is 10.2. The van der Waals surface area contributed by atoms with Crippen LogP contribution in [0.5, 0.6) is 11.5 Å². The number of ether oxygens (including phenoxy) is 2. The lowest BCUT2D eigenvalue weighted by Gasteiger charge is -2.09. The summed E-state index contributed by atoms with van der Waals surface area (Å²) < 4.78 is 10.5. The Labute approximate surface area is 126 Å². The average Bonchev–Trinajstić information content (AvgIpc) is 3.33. The van der Waals surface area contributed by atoms with Gasteiger partial charge in [0.05, 0.1) is 20.8 Å². The summed E-state index contributed by atoms with van der Waals surface area (Å²) in [5.41, 5.74) is 6.90. The van der Waals surface area contributed by atoms with Crippen LogP contribution in [0.25, 0.3) is 0 Å². The van der Waals surface area contributed by atoms with Gasteiger partial charge in [-0.1, -0.05) is 18.9 Å². The highest BCUT2D eigenvalue weighted by Gasteiger charge is 2.19. The predicted molar refractivity (Wildman–Crippen MR) is 84.8 cm³/mol. The number of guanidine groups is 1. The lowest BCUT2D eigenvalue weighted by Crippen LogP contribution is -2.32. The number of nitrogens with two attached hydrogens (primary N) is 1. The highest BCUT2D eigenvalue weighted by molar-refractivity contribution is 5.77. The van der Waals surface area contributed by atoms with Crippen LogP contribution in [0.3, 0.4) is 0 Å². The van der Waals surface area contributed by atoms with E-state index in [1.807, 2.05) is 18.2 Å². The summed E-state index contributed by atoms with van der Waals surface area (Å²) in [5.74, 6) is 2.90. The summed E-state index contributed by atoms with van der Waals surface area (Å²) >= 11 is 0. The Morgan fingerprint density at radius 2 is 2.05 bits per heavy atom. The fourth-order valence-electron chi connectivity index (χ4n) is 2.23. The number of benzene rings is 1. The number of nitrogens with zero attached hydrogens (tertiary/aromatic N) is 1. The highest BCUT2D eigenvalue weighted by atomic mass is 16.5. The van der Waals surface area contributed by atoms with Crippen molar-refractivity contribution in [3.63, 3.8) is 0 Å². The van der Waals surface area contributed by atoms with E-state index in [9.17, 15) is 0 Å². The molecule has 1 aliphatic carbocycles. The van der Waals surface area contributed by atoms with E-state index in [1.54, 1.807) is 14.2 Å². The molecule has 0 unspecified atom stereocenters. The second kappa shape index (κ2) is 7.76. The molecule has 0 radical (unpaired) electrons. The molecule has 0 bridgehead atoms. The highest BCUT2D eigenvalue weighted by Crippen LogP contribution is 2.33. The van der Waals surface area contributed by atoms with Gasteiger partial charge in [-0.15, -0.1) is 0 Å². The zero-order chi connectivity index (χ0) is 15.1. The third-order valence-electron chi connectivity index (χ3n) is 3.67. The molecule has 0 aliphatic heterocycles. The monoisotopic (exact) mass is 291 g/mol. The first-order valence-corrected chi connectivity index (χ1v) is 7.47. The first-order valence-electron chi connectivity index (χ1n) is 7.47. The van der Waals surface area contributed by atoms with Gasteiger partial charge in [-0.05, 0) is 36.5 Å². The molecule has 0 heterocycles. The molecule has 3 N–H and O–H groups in total. The van der Waals surface area contributed by atoms with Gasteiger partial charge in [-0.3, -0.25) is 0 Å². The van der Waals surface area contributed by atoms with Crippen molar-refractivity contribution in [2.24, 2.45) is 16.6 Å². The van der Waals surface area contributed by atoms with Crippen molar-refractivity contribution in [3.05, 3.63) is 23.8 Å². The van der Waals surface area contributed by atoms with Crippen LogP contribution >= 0.6 is 0 Å². The maximum absolute atomic E-state index is 5.86. The molecule has 1 aliphatic rings. The quantitative estimate of drug-likeness (QED) is 0.438. The molecular weight excluding hydrogens is 266 g/mol. The molecule has 5 nitrogen and oxygen atoms in total. The van der Waals surface area contributed by atoms with Gasteiger partial charge in [0, 0.05) is 6.54 Å². The molecule has 0 atom stereocenters. The Kier molecular flexibility index (Phi) is 5.72. The molecule has 21 heavy (non-hydrogen) atoms. The number of nitrogens with one attached hydrogen (secondary N) is 1. The van der Waals surface area contributed by atoms with Gasteiger partial charge < -0.3 is 20.5 Å². The third kappa shape index (κ3) is 5.17. The first kappa shape index (κ1) is 15.5. The Morgan fingerprint density at radius 1 is 1.29 bits per heavy atom. The van der Waals surface area contributed by atoms with Crippen LogP contribution in [0.2, 0.25) is 0 Å². The van der Waals surface area contributed by atoms with E-state index >= 15 is 0 Å². The second-order valence-electron chi connectivity index (χ2n) is 5.40. The van der Waals surface area contributed by atoms with Gasteiger partial charge in [0.15, 0.2) is 17.5 Å². The Balaban J connectivity index is 1.78. The molecule has 1 aromatic carbocycles. The Bertz CT molecular complexity index is 484. The van der Waals surface area contributed by atoms with E-state index in [1.165, 1.54) is 19.3 Å². The molecule has 116 valence electrons. The number of hydrogen-bond acceptors (Lipinski definition) is 3. The number of methoxy groups -OCH3 is 2. The maximum atomic E-state index is 5.86. The Morgan fingerprint density at radius 3 is 2.71 bits per heavy atom.